The minimum atomic E-state index is -0.510. The van der Waals surface area contributed by atoms with E-state index in [1.165, 1.54) is 7.11 Å². The summed E-state index contributed by atoms with van der Waals surface area (Å²) in [6.07, 6.45) is -0.510. The summed E-state index contributed by atoms with van der Waals surface area (Å²) in [6.45, 7) is 0.678. The van der Waals surface area contributed by atoms with E-state index in [1.54, 1.807) is 12.1 Å². The van der Waals surface area contributed by atoms with Gasteiger partial charge in [-0.25, -0.2) is 4.79 Å². The Hall–Kier alpha value is -2.24. The predicted octanol–water partition coefficient (Wildman–Crippen LogP) is 0.838. The number of ether oxygens (including phenoxy) is 1. The van der Waals surface area contributed by atoms with Crippen LogP contribution in [0.4, 0.5) is 10.5 Å². The molecule has 2 N–H and O–H groups in total. The summed E-state index contributed by atoms with van der Waals surface area (Å²) in [6, 6.07) is 7.28. The lowest BCUT2D eigenvalue weighted by Crippen LogP contribution is -2.34. The molecule has 0 saturated heterocycles. The van der Waals surface area contributed by atoms with E-state index < -0.39 is 6.09 Å². The zero-order valence-corrected chi connectivity index (χ0v) is 11.4. The maximum Gasteiger partial charge on any atom is 0.406 e. The lowest BCUT2D eigenvalue weighted by atomic mass is 10.2. The summed E-state index contributed by atoms with van der Waals surface area (Å²) in [5.41, 5.74) is 1.62. The number of rotatable bonds is 5. The third kappa shape index (κ3) is 4.87. The Morgan fingerprint density at radius 2 is 1.68 bits per heavy atom. The van der Waals surface area contributed by atoms with Gasteiger partial charge in [0, 0.05) is 38.4 Å². The first-order valence-electron chi connectivity index (χ1n) is 5.92. The van der Waals surface area contributed by atoms with Crippen LogP contribution in [0, 0.1) is 0 Å². The second-order valence-corrected chi connectivity index (χ2v) is 4.12. The maximum atomic E-state index is 11.8. The number of nitrogens with zero attached hydrogens (tertiary/aromatic N) is 1. The number of alkyl carbamates (subject to hydrolysis) is 1. The molecule has 104 valence electrons. The second-order valence-electron chi connectivity index (χ2n) is 4.12. The molecule has 1 rings (SSSR count). The van der Waals surface area contributed by atoms with Crippen molar-refractivity contribution in [1.29, 1.82) is 0 Å². The van der Waals surface area contributed by atoms with Crippen molar-refractivity contribution in [2.45, 2.75) is 0 Å². The van der Waals surface area contributed by atoms with Gasteiger partial charge in [0.25, 0.3) is 5.91 Å². The lowest BCUT2D eigenvalue weighted by molar-refractivity contribution is 0.0953. The van der Waals surface area contributed by atoms with Gasteiger partial charge in [-0.1, -0.05) is 0 Å². The van der Waals surface area contributed by atoms with E-state index in [1.807, 2.05) is 31.1 Å². The number of nitrogens with one attached hydrogen (secondary N) is 2. The topological polar surface area (TPSA) is 70.7 Å². The summed E-state index contributed by atoms with van der Waals surface area (Å²) in [5, 5.41) is 5.18. The highest BCUT2D eigenvalue weighted by Crippen LogP contribution is 2.11. The molecule has 0 atom stereocenters. The first-order chi connectivity index (χ1) is 9.04. The maximum absolute atomic E-state index is 11.8. The zero-order chi connectivity index (χ0) is 14.3. The molecule has 0 heterocycles. The average molecular weight is 265 g/mol. The summed E-state index contributed by atoms with van der Waals surface area (Å²) in [7, 11) is 5.17. The number of methoxy groups -OCH3 is 1. The Morgan fingerprint density at radius 3 is 2.21 bits per heavy atom. The van der Waals surface area contributed by atoms with Crippen LogP contribution in [0.5, 0.6) is 0 Å². The fourth-order valence-electron chi connectivity index (χ4n) is 1.43. The highest BCUT2D eigenvalue weighted by molar-refractivity contribution is 5.94. The van der Waals surface area contributed by atoms with Gasteiger partial charge in [-0.3, -0.25) is 4.79 Å². The molecule has 6 heteroatoms. The van der Waals surface area contributed by atoms with E-state index in [0.29, 0.717) is 18.7 Å². The highest BCUT2D eigenvalue weighted by atomic mass is 16.5. The van der Waals surface area contributed by atoms with Gasteiger partial charge in [0.15, 0.2) is 0 Å². The SMILES string of the molecule is COC(=O)NCCNC(=O)c1ccc(N(C)C)cc1. The molecule has 0 radical (unpaired) electrons. The molecule has 2 amide bonds. The van der Waals surface area contributed by atoms with Crippen molar-refractivity contribution < 1.29 is 14.3 Å². The van der Waals surface area contributed by atoms with Crippen LogP contribution in [-0.2, 0) is 4.74 Å². The first kappa shape index (κ1) is 14.8. The third-order valence-corrected chi connectivity index (χ3v) is 2.51. The Balaban J connectivity index is 2.39. The predicted molar refractivity (Wildman–Crippen MR) is 73.5 cm³/mol. The van der Waals surface area contributed by atoms with Crippen molar-refractivity contribution in [3.8, 4) is 0 Å². The molecule has 0 saturated carbocycles. The van der Waals surface area contributed by atoms with E-state index in [0.717, 1.165) is 5.69 Å². The van der Waals surface area contributed by atoms with Crippen LogP contribution in [0.2, 0.25) is 0 Å². The molecular weight excluding hydrogens is 246 g/mol. The number of anilines is 1. The molecule has 1 aromatic carbocycles. The quantitative estimate of drug-likeness (QED) is 0.774. The van der Waals surface area contributed by atoms with Gasteiger partial charge < -0.3 is 20.3 Å². The summed E-state index contributed by atoms with van der Waals surface area (Å²) >= 11 is 0. The molecule has 0 unspecified atom stereocenters. The monoisotopic (exact) mass is 265 g/mol. The van der Waals surface area contributed by atoms with Crippen molar-refractivity contribution in [2.24, 2.45) is 0 Å². The first-order valence-corrected chi connectivity index (χ1v) is 5.92. The number of carbonyl (C=O) groups is 2. The molecule has 0 bridgehead atoms. The molecule has 19 heavy (non-hydrogen) atoms. The zero-order valence-electron chi connectivity index (χ0n) is 11.4. The number of carbonyl (C=O) groups excluding carboxylic acids is 2. The molecule has 0 spiro atoms. The van der Waals surface area contributed by atoms with E-state index >= 15 is 0 Å². The molecule has 1 aromatic rings. The smallest absolute Gasteiger partial charge is 0.406 e. The van der Waals surface area contributed by atoms with Gasteiger partial charge in [-0.15, -0.1) is 0 Å². The lowest BCUT2D eigenvalue weighted by Gasteiger charge is -2.12. The van der Waals surface area contributed by atoms with Gasteiger partial charge in [0.2, 0.25) is 0 Å². The van der Waals surface area contributed by atoms with E-state index in [9.17, 15) is 9.59 Å². The third-order valence-electron chi connectivity index (χ3n) is 2.51. The van der Waals surface area contributed by atoms with Crippen molar-refractivity contribution in [3.05, 3.63) is 29.8 Å². The summed E-state index contributed by atoms with van der Waals surface area (Å²) < 4.78 is 4.41. The van der Waals surface area contributed by atoms with Crippen LogP contribution in [0.1, 0.15) is 10.4 Å². The van der Waals surface area contributed by atoms with Gasteiger partial charge in [-0.05, 0) is 24.3 Å². The molecule has 0 aliphatic heterocycles. The van der Waals surface area contributed by atoms with Crippen molar-refractivity contribution in [3.63, 3.8) is 0 Å². The van der Waals surface area contributed by atoms with Crippen LogP contribution in [0.15, 0.2) is 24.3 Å². The minimum Gasteiger partial charge on any atom is -0.453 e. The van der Waals surface area contributed by atoms with Crippen LogP contribution in [-0.4, -0.2) is 46.3 Å². The largest absolute Gasteiger partial charge is 0.453 e. The molecule has 0 aliphatic rings. The molecular formula is C13H19N3O3. The van der Waals surface area contributed by atoms with E-state index in [4.69, 9.17) is 0 Å². The second kappa shape index (κ2) is 7.25. The summed E-state index contributed by atoms with van der Waals surface area (Å²) in [4.78, 5) is 24.5. The van der Waals surface area contributed by atoms with Crippen LogP contribution in [0.3, 0.4) is 0 Å². The summed E-state index contributed by atoms with van der Waals surface area (Å²) in [5.74, 6) is -0.169. The molecule has 0 fully saturated rings. The fourth-order valence-corrected chi connectivity index (χ4v) is 1.43. The molecule has 0 aliphatic carbocycles. The fraction of sp³-hybridized carbons (Fsp3) is 0.385. The Bertz CT molecular complexity index is 429. The van der Waals surface area contributed by atoms with E-state index in [-0.39, 0.29) is 5.91 Å². The number of hydrogen-bond acceptors (Lipinski definition) is 4. The minimum absolute atomic E-state index is 0.169. The standard InChI is InChI=1S/C13H19N3O3/c1-16(2)11-6-4-10(5-7-11)12(17)14-8-9-15-13(18)19-3/h4-7H,8-9H2,1-3H3,(H,14,17)(H,15,18). The molecule has 0 aromatic heterocycles. The molecule has 6 nitrogen and oxygen atoms in total. The van der Waals surface area contributed by atoms with Crippen molar-refractivity contribution >= 4 is 17.7 Å². The van der Waals surface area contributed by atoms with Gasteiger partial charge in [0.05, 0.1) is 7.11 Å². The van der Waals surface area contributed by atoms with Crippen molar-refractivity contribution in [1.82, 2.24) is 10.6 Å². The van der Waals surface area contributed by atoms with E-state index in [2.05, 4.69) is 15.4 Å². The van der Waals surface area contributed by atoms with Crippen molar-refractivity contribution in [2.75, 3.05) is 39.2 Å². The Kier molecular flexibility index (Phi) is 5.66. The van der Waals surface area contributed by atoms with Crippen LogP contribution in [0.25, 0.3) is 0 Å². The average Bonchev–Trinajstić information content (AvgIpc) is 2.43. The van der Waals surface area contributed by atoms with Crippen LogP contribution < -0.4 is 15.5 Å². The normalized spacial score (nSPS) is 9.63. The Labute approximate surface area is 112 Å². The highest BCUT2D eigenvalue weighted by Gasteiger charge is 2.05. The number of hydrogen-bond donors (Lipinski definition) is 2. The van der Waals surface area contributed by atoms with Gasteiger partial charge in [0.1, 0.15) is 0 Å². The number of amides is 2. The van der Waals surface area contributed by atoms with Gasteiger partial charge >= 0.3 is 6.09 Å². The van der Waals surface area contributed by atoms with Crippen LogP contribution >= 0.6 is 0 Å². The Morgan fingerprint density at radius 1 is 1.11 bits per heavy atom. The number of benzene rings is 1. The van der Waals surface area contributed by atoms with Gasteiger partial charge in [-0.2, -0.15) is 0 Å².